The molecule has 1 saturated carbocycles. The zero-order valence-corrected chi connectivity index (χ0v) is 15.2. The molecule has 0 unspecified atom stereocenters. The van der Waals surface area contributed by atoms with Crippen molar-refractivity contribution in [2.45, 2.75) is 18.9 Å². The third-order valence-corrected chi connectivity index (χ3v) is 4.57. The van der Waals surface area contributed by atoms with E-state index in [9.17, 15) is 13.6 Å². The number of anilines is 2. The molecule has 0 saturated heterocycles. The number of hydrogen-bond donors (Lipinski definition) is 2. The highest BCUT2D eigenvalue weighted by Gasteiger charge is 2.24. The molecule has 0 aliphatic heterocycles. The van der Waals surface area contributed by atoms with Gasteiger partial charge in [0, 0.05) is 53.9 Å². The molecule has 5 nitrogen and oxygen atoms in total. The Hall–Kier alpha value is -3.35. The highest BCUT2D eigenvalue weighted by atomic mass is 19.1. The van der Waals surface area contributed by atoms with Crippen molar-refractivity contribution >= 4 is 11.4 Å². The number of aryl methyl sites for hydroxylation is 1. The molecule has 1 aromatic heterocycles. The van der Waals surface area contributed by atoms with E-state index in [2.05, 4.69) is 5.32 Å². The monoisotopic (exact) mass is 383 g/mol. The van der Waals surface area contributed by atoms with E-state index in [1.54, 1.807) is 31.4 Å². The first-order valence-electron chi connectivity index (χ1n) is 8.91. The number of nitrogen functional groups attached to an aromatic ring is 1. The summed E-state index contributed by atoms with van der Waals surface area (Å²) in [4.78, 5) is 12.1. The van der Waals surface area contributed by atoms with Gasteiger partial charge in [0.2, 0.25) is 0 Å². The van der Waals surface area contributed by atoms with Crippen LogP contribution in [0, 0.1) is 11.6 Å². The van der Waals surface area contributed by atoms with E-state index in [0.717, 1.165) is 25.0 Å². The molecule has 0 bridgehead atoms. The number of rotatable bonds is 5. The van der Waals surface area contributed by atoms with Crippen molar-refractivity contribution in [3.63, 3.8) is 0 Å². The predicted octanol–water partition coefficient (Wildman–Crippen LogP) is 4.28. The summed E-state index contributed by atoms with van der Waals surface area (Å²) in [6.07, 6.45) is 3.77. The van der Waals surface area contributed by atoms with Crippen molar-refractivity contribution in [2.75, 3.05) is 11.1 Å². The van der Waals surface area contributed by atoms with Crippen molar-refractivity contribution in [1.29, 1.82) is 0 Å². The Morgan fingerprint density at radius 3 is 2.54 bits per heavy atom. The van der Waals surface area contributed by atoms with E-state index >= 15 is 0 Å². The molecule has 144 valence electrons. The summed E-state index contributed by atoms with van der Waals surface area (Å²) in [6.45, 7) is 0. The molecule has 1 aliphatic rings. The quantitative estimate of drug-likeness (QED) is 0.646. The van der Waals surface area contributed by atoms with Crippen LogP contribution in [-0.2, 0) is 7.05 Å². The standard InChI is InChI=1S/C21H19F2N3O2/c1-26-11-16(18(10-21(26)27)25-14-4-5-14)15-9-13(24)3-7-19(15)28-20-6-2-12(22)8-17(20)23/h2-3,6-11,14,25H,4-5,24H2,1H3. The van der Waals surface area contributed by atoms with Crippen LogP contribution in [0.15, 0.2) is 53.5 Å². The number of hydrogen-bond acceptors (Lipinski definition) is 4. The number of aromatic nitrogens is 1. The summed E-state index contributed by atoms with van der Waals surface area (Å²) in [7, 11) is 1.65. The SMILES string of the molecule is Cn1cc(-c2cc(N)ccc2Oc2ccc(F)cc2F)c(NC2CC2)cc1=O. The van der Waals surface area contributed by atoms with Gasteiger partial charge in [-0.2, -0.15) is 0 Å². The summed E-state index contributed by atoms with van der Waals surface area (Å²) < 4.78 is 34.5. The summed E-state index contributed by atoms with van der Waals surface area (Å²) >= 11 is 0. The smallest absolute Gasteiger partial charge is 0.252 e. The minimum absolute atomic E-state index is 0.103. The lowest BCUT2D eigenvalue weighted by atomic mass is 10.0. The molecule has 28 heavy (non-hydrogen) atoms. The van der Waals surface area contributed by atoms with Crippen LogP contribution in [0.2, 0.25) is 0 Å². The van der Waals surface area contributed by atoms with Crippen molar-refractivity contribution in [3.8, 4) is 22.6 Å². The third-order valence-electron chi connectivity index (χ3n) is 4.57. The second kappa shape index (κ2) is 6.99. The van der Waals surface area contributed by atoms with Gasteiger partial charge in [0.15, 0.2) is 11.6 Å². The fourth-order valence-electron chi connectivity index (χ4n) is 2.94. The van der Waals surface area contributed by atoms with Gasteiger partial charge >= 0.3 is 0 Å². The zero-order chi connectivity index (χ0) is 19.8. The Bertz CT molecular complexity index is 1110. The van der Waals surface area contributed by atoms with Crippen LogP contribution >= 0.6 is 0 Å². The molecule has 1 aliphatic carbocycles. The number of ether oxygens (including phenoxy) is 1. The lowest BCUT2D eigenvalue weighted by molar-refractivity contribution is 0.439. The molecule has 0 atom stereocenters. The molecular formula is C21H19F2N3O2. The Morgan fingerprint density at radius 1 is 1.07 bits per heavy atom. The van der Waals surface area contributed by atoms with Crippen LogP contribution in [0.1, 0.15) is 12.8 Å². The molecule has 2 aromatic carbocycles. The number of nitrogens with one attached hydrogen (secondary N) is 1. The molecule has 0 spiro atoms. The number of nitrogens with two attached hydrogens (primary N) is 1. The van der Waals surface area contributed by atoms with Crippen LogP contribution in [0.4, 0.5) is 20.2 Å². The Kier molecular flexibility index (Phi) is 4.50. The molecule has 3 N–H and O–H groups in total. The van der Waals surface area contributed by atoms with Crippen molar-refractivity contribution in [1.82, 2.24) is 4.57 Å². The van der Waals surface area contributed by atoms with Crippen molar-refractivity contribution in [2.24, 2.45) is 7.05 Å². The summed E-state index contributed by atoms with van der Waals surface area (Å²) in [5, 5.41) is 3.35. The Labute approximate surface area is 160 Å². The molecule has 4 rings (SSSR count). The average Bonchev–Trinajstić information content (AvgIpc) is 3.46. The average molecular weight is 383 g/mol. The van der Waals surface area contributed by atoms with Crippen molar-refractivity contribution < 1.29 is 13.5 Å². The minimum atomic E-state index is -0.806. The fourth-order valence-corrected chi connectivity index (χ4v) is 2.94. The topological polar surface area (TPSA) is 69.3 Å². The van der Waals surface area contributed by atoms with Gasteiger partial charge in [0.1, 0.15) is 11.6 Å². The third kappa shape index (κ3) is 3.69. The predicted molar refractivity (Wildman–Crippen MR) is 105 cm³/mol. The lowest BCUT2D eigenvalue weighted by Crippen LogP contribution is -2.17. The van der Waals surface area contributed by atoms with E-state index in [1.165, 1.54) is 16.7 Å². The first-order valence-corrected chi connectivity index (χ1v) is 8.91. The van der Waals surface area contributed by atoms with Crippen LogP contribution < -0.4 is 21.3 Å². The highest BCUT2D eigenvalue weighted by Crippen LogP contribution is 2.40. The number of benzene rings is 2. The van der Waals surface area contributed by atoms with Crippen LogP contribution in [-0.4, -0.2) is 10.6 Å². The molecule has 0 radical (unpaired) electrons. The van der Waals surface area contributed by atoms with E-state index in [1.807, 2.05) is 0 Å². The maximum atomic E-state index is 14.1. The van der Waals surface area contributed by atoms with E-state index in [4.69, 9.17) is 10.5 Å². The van der Waals surface area contributed by atoms with Gasteiger partial charge in [-0.05, 0) is 43.2 Å². The molecule has 0 amide bonds. The Morgan fingerprint density at radius 2 is 1.82 bits per heavy atom. The van der Waals surface area contributed by atoms with Gasteiger partial charge in [-0.1, -0.05) is 0 Å². The Balaban J connectivity index is 1.82. The van der Waals surface area contributed by atoms with Gasteiger partial charge in [0.25, 0.3) is 5.56 Å². The van der Waals surface area contributed by atoms with Crippen LogP contribution in [0.25, 0.3) is 11.1 Å². The number of nitrogens with zero attached hydrogens (tertiary/aromatic N) is 1. The largest absolute Gasteiger partial charge is 0.454 e. The normalized spacial score (nSPS) is 13.4. The van der Waals surface area contributed by atoms with Crippen LogP contribution in [0.5, 0.6) is 11.5 Å². The minimum Gasteiger partial charge on any atom is -0.454 e. The summed E-state index contributed by atoms with van der Waals surface area (Å²) in [6, 6.07) is 9.93. The van der Waals surface area contributed by atoms with E-state index in [0.29, 0.717) is 34.3 Å². The van der Waals surface area contributed by atoms with Gasteiger partial charge in [-0.15, -0.1) is 0 Å². The van der Waals surface area contributed by atoms with Crippen LogP contribution in [0.3, 0.4) is 0 Å². The second-order valence-electron chi connectivity index (χ2n) is 6.90. The van der Waals surface area contributed by atoms with E-state index < -0.39 is 11.6 Å². The van der Waals surface area contributed by atoms with Gasteiger partial charge in [-0.25, -0.2) is 8.78 Å². The van der Waals surface area contributed by atoms with Crippen molar-refractivity contribution in [3.05, 3.63) is 70.6 Å². The molecule has 7 heteroatoms. The maximum absolute atomic E-state index is 14.1. The van der Waals surface area contributed by atoms with E-state index in [-0.39, 0.29) is 11.3 Å². The van der Waals surface area contributed by atoms with Gasteiger partial charge < -0.3 is 20.4 Å². The fraction of sp³-hybridized carbons (Fsp3) is 0.190. The van der Waals surface area contributed by atoms with Gasteiger partial charge in [-0.3, -0.25) is 4.79 Å². The highest BCUT2D eigenvalue weighted by molar-refractivity contribution is 5.83. The summed E-state index contributed by atoms with van der Waals surface area (Å²) in [5.74, 6) is -1.25. The zero-order valence-electron chi connectivity index (χ0n) is 15.2. The maximum Gasteiger partial charge on any atom is 0.252 e. The van der Waals surface area contributed by atoms with Gasteiger partial charge in [0.05, 0.1) is 0 Å². The first kappa shape index (κ1) is 18.0. The molecule has 3 aromatic rings. The summed E-state index contributed by atoms with van der Waals surface area (Å²) in [5.41, 5.74) is 8.29. The second-order valence-corrected chi connectivity index (χ2v) is 6.90. The number of pyridine rings is 1. The first-order chi connectivity index (χ1) is 13.4. The number of halogens is 2. The molecule has 1 fully saturated rings. The lowest BCUT2D eigenvalue weighted by Gasteiger charge is -2.17. The molecular weight excluding hydrogens is 364 g/mol. The molecule has 1 heterocycles.